The molecule has 0 radical (unpaired) electrons. The smallest absolute Gasteiger partial charge is 0.287 e. The number of methoxy groups -OCH3 is 1. The van der Waals surface area contributed by atoms with Crippen LogP contribution in [0.25, 0.3) is 11.0 Å². The lowest BCUT2D eigenvalue weighted by molar-refractivity contribution is 0.0890. The maximum Gasteiger partial charge on any atom is 0.287 e. The molecule has 4 rings (SSSR count). The molecule has 0 aliphatic heterocycles. The van der Waals surface area contributed by atoms with Crippen LogP contribution in [0, 0.1) is 0 Å². The third kappa shape index (κ3) is 3.83. The molecule has 1 aliphatic carbocycles. The predicted octanol–water partition coefficient (Wildman–Crippen LogP) is 4.01. The number of hydrogen-bond donors (Lipinski definition) is 2. The van der Waals surface area contributed by atoms with E-state index < -0.39 is 0 Å². The van der Waals surface area contributed by atoms with E-state index >= 15 is 0 Å². The molecule has 1 saturated carbocycles. The van der Waals surface area contributed by atoms with Crippen LogP contribution < -0.4 is 15.4 Å². The molecule has 0 unspecified atom stereocenters. The third-order valence-corrected chi connectivity index (χ3v) is 5.11. The summed E-state index contributed by atoms with van der Waals surface area (Å²) in [6, 6.07) is 16.3. The maximum atomic E-state index is 12.5. The number of carbonyl (C=O) groups is 1. The highest BCUT2D eigenvalue weighted by Gasteiger charge is 2.23. The number of hydrogen-bond acceptors (Lipinski definition) is 4. The maximum absolute atomic E-state index is 12.5. The lowest BCUT2D eigenvalue weighted by Gasteiger charge is -2.25. The molecule has 5 heteroatoms. The molecule has 1 heterocycles. The van der Waals surface area contributed by atoms with Crippen LogP contribution in [0.3, 0.4) is 0 Å². The zero-order valence-corrected chi connectivity index (χ0v) is 15.5. The molecule has 1 amide bonds. The van der Waals surface area contributed by atoms with Crippen molar-refractivity contribution in [1.82, 2.24) is 10.6 Å². The monoisotopic (exact) mass is 364 g/mol. The summed E-state index contributed by atoms with van der Waals surface area (Å²) < 4.78 is 11.3. The molecule has 2 aromatic carbocycles. The Morgan fingerprint density at radius 1 is 1.15 bits per heavy atom. The van der Waals surface area contributed by atoms with Crippen LogP contribution in [0.5, 0.6) is 5.75 Å². The van der Waals surface area contributed by atoms with Gasteiger partial charge < -0.3 is 19.8 Å². The molecular formula is C22H24N2O3. The van der Waals surface area contributed by atoms with E-state index in [9.17, 15) is 4.79 Å². The molecule has 140 valence electrons. The number of furan rings is 1. The number of ether oxygens (including phenoxy) is 1. The summed E-state index contributed by atoms with van der Waals surface area (Å²) in [5.74, 6) is 0.825. The average Bonchev–Trinajstić information content (AvgIpc) is 3.11. The Kier molecular flexibility index (Phi) is 5.12. The van der Waals surface area contributed by atoms with E-state index in [-0.39, 0.29) is 11.9 Å². The molecule has 1 aromatic heterocycles. The minimum atomic E-state index is -0.152. The topological polar surface area (TPSA) is 63.5 Å². The zero-order chi connectivity index (χ0) is 18.6. The molecule has 2 N–H and O–H groups in total. The summed E-state index contributed by atoms with van der Waals surface area (Å²) in [5, 5.41) is 7.39. The second-order valence-corrected chi connectivity index (χ2v) is 6.97. The summed E-state index contributed by atoms with van der Waals surface area (Å²) in [5.41, 5.74) is 2.93. The molecule has 27 heavy (non-hydrogen) atoms. The van der Waals surface area contributed by atoms with Gasteiger partial charge in [0.05, 0.1) is 7.11 Å². The first-order chi connectivity index (χ1) is 13.2. The largest absolute Gasteiger partial charge is 0.493 e. The lowest BCUT2D eigenvalue weighted by Crippen LogP contribution is -2.39. The SMILES string of the molecule is COc1ccc(CNCc2ccccc2)c2cc(C(=O)NC3CCC3)oc12. The van der Waals surface area contributed by atoms with Gasteiger partial charge in [0.15, 0.2) is 17.1 Å². The van der Waals surface area contributed by atoms with E-state index in [0.29, 0.717) is 23.6 Å². The first kappa shape index (κ1) is 17.6. The van der Waals surface area contributed by atoms with Gasteiger partial charge in [-0.1, -0.05) is 36.4 Å². The van der Waals surface area contributed by atoms with Gasteiger partial charge in [-0.3, -0.25) is 4.79 Å². The molecule has 0 spiro atoms. The van der Waals surface area contributed by atoms with E-state index in [2.05, 4.69) is 22.8 Å². The Morgan fingerprint density at radius 3 is 2.67 bits per heavy atom. The highest BCUT2D eigenvalue weighted by molar-refractivity contribution is 5.98. The summed E-state index contributed by atoms with van der Waals surface area (Å²) in [6.07, 6.45) is 3.27. The van der Waals surface area contributed by atoms with Crippen molar-refractivity contribution in [2.75, 3.05) is 7.11 Å². The van der Waals surface area contributed by atoms with Gasteiger partial charge in [-0.2, -0.15) is 0 Å². The Hall–Kier alpha value is -2.79. The van der Waals surface area contributed by atoms with E-state index in [1.54, 1.807) is 7.11 Å². The van der Waals surface area contributed by atoms with E-state index in [1.165, 1.54) is 12.0 Å². The van der Waals surface area contributed by atoms with Crippen molar-refractivity contribution in [3.05, 3.63) is 65.4 Å². The Balaban J connectivity index is 1.54. The fourth-order valence-corrected chi connectivity index (χ4v) is 3.33. The third-order valence-electron chi connectivity index (χ3n) is 5.11. The van der Waals surface area contributed by atoms with Crippen LogP contribution in [0.4, 0.5) is 0 Å². The molecule has 0 bridgehead atoms. The minimum absolute atomic E-state index is 0.152. The van der Waals surface area contributed by atoms with Crippen LogP contribution >= 0.6 is 0 Å². The summed E-state index contributed by atoms with van der Waals surface area (Å²) >= 11 is 0. The van der Waals surface area contributed by atoms with Crippen molar-refractivity contribution < 1.29 is 13.9 Å². The van der Waals surface area contributed by atoms with E-state index in [0.717, 1.165) is 30.3 Å². The van der Waals surface area contributed by atoms with Gasteiger partial charge >= 0.3 is 0 Å². The molecular weight excluding hydrogens is 340 g/mol. The highest BCUT2D eigenvalue weighted by Crippen LogP contribution is 2.32. The van der Waals surface area contributed by atoms with Crippen molar-refractivity contribution in [3.63, 3.8) is 0 Å². The second kappa shape index (κ2) is 7.84. The second-order valence-electron chi connectivity index (χ2n) is 6.97. The number of carbonyl (C=O) groups excluding carboxylic acids is 1. The van der Waals surface area contributed by atoms with Gasteiger partial charge in [0.1, 0.15) is 0 Å². The van der Waals surface area contributed by atoms with E-state index in [1.807, 2.05) is 36.4 Å². The van der Waals surface area contributed by atoms with Gasteiger partial charge in [0, 0.05) is 24.5 Å². The van der Waals surface area contributed by atoms with Crippen molar-refractivity contribution in [3.8, 4) is 5.75 Å². The first-order valence-electron chi connectivity index (χ1n) is 9.39. The summed E-state index contributed by atoms with van der Waals surface area (Å²) in [6.45, 7) is 1.46. The zero-order valence-electron chi connectivity index (χ0n) is 15.5. The van der Waals surface area contributed by atoms with Crippen LogP contribution in [-0.4, -0.2) is 19.1 Å². The number of amides is 1. The molecule has 5 nitrogen and oxygen atoms in total. The Labute approximate surface area is 158 Å². The van der Waals surface area contributed by atoms with E-state index in [4.69, 9.17) is 9.15 Å². The molecule has 0 saturated heterocycles. The van der Waals surface area contributed by atoms with Crippen molar-refractivity contribution in [1.29, 1.82) is 0 Å². The summed E-state index contributed by atoms with van der Waals surface area (Å²) in [4.78, 5) is 12.5. The van der Waals surface area contributed by atoms with Gasteiger partial charge in [0.25, 0.3) is 5.91 Å². The van der Waals surface area contributed by atoms with Crippen molar-refractivity contribution in [2.45, 2.75) is 38.4 Å². The first-order valence-corrected chi connectivity index (χ1v) is 9.39. The number of nitrogens with one attached hydrogen (secondary N) is 2. The highest BCUT2D eigenvalue weighted by atomic mass is 16.5. The van der Waals surface area contributed by atoms with Gasteiger partial charge in [-0.05, 0) is 42.5 Å². The Bertz CT molecular complexity index is 929. The number of rotatable bonds is 7. The van der Waals surface area contributed by atoms with Crippen LogP contribution in [0.2, 0.25) is 0 Å². The summed E-state index contributed by atoms with van der Waals surface area (Å²) in [7, 11) is 1.61. The predicted molar refractivity (Wildman–Crippen MR) is 105 cm³/mol. The minimum Gasteiger partial charge on any atom is -0.493 e. The molecule has 1 aliphatic rings. The Morgan fingerprint density at radius 2 is 1.96 bits per heavy atom. The van der Waals surface area contributed by atoms with Crippen LogP contribution in [-0.2, 0) is 13.1 Å². The van der Waals surface area contributed by atoms with Crippen molar-refractivity contribution in [2.24, 2.45) is 0 Å². The quantitative estimate of drug-likeness (QED) is 0.665. The normalized spacial score (nSPS) is 14.1. The fraction of sp³-hybridized carbons (Fsp3) is 0.318. The van der Waals surface area contributed by atoms with Crippen LogP contribution in [0.1, 0.15) is 40.9 Å². The standard InChI is InChI=1S/C22H24N2O3/c1-26-19-11-10-16(14-23-13-15-6-3-2-4-7-15)18-12-20(27-21(18)19)22(25)24-17-8-5-9-17/h2-4,6-7,10-12,17,23H,5,8-9,13-14H2,1H3,(H,24,25). The van der Waals surface area contributed by atoms with Gasteiger partial charge in [-0.15, -0.1) is 0 Å². The lowest BCUT2D eigenvalue weighted by atomic mass is 9.93. The fourth-order valence-electron chi connectivity index (χ4n) is 3.33. The van der Waals surface area contributed by atoms with Crippen molar-refractivity contribution >= 4 is 16.9 Å². The van der Waals surface area contributed by atoms with Crippen LogP contribution in [0.15, 0.2) is 52.9 Å². The number of fused-ring (bicyclic) bond motifs is 1. The average molecular weight is 364 g/mol. The molecule has 1 fully saturated rings. The van der Waals surface area contributed by atoms with Gasteiger partial charge in [-0.25, -0.2) is 0 Å². The molecule has 3 aromatic rings. The number of benzene rings is 2. The van der Waals surface area contributed by atoms with Gasteiger partial charge in [0.2, 0.25) is 0 Å². The molecule has 0 atom stereocenters.